The van der Waals surface area contributed by atoms with E-state index in [1.807, 2.05) is 13.3 Å². The third-order valence-corrected chi connectivity index (χ3v) is 4.39. The molecule has 1 atom stereocenters. The Morgan fingerprint density at radius 2 is 2.11 bits per heavy atom. The molecule has 0 aliphatic heterocycles. The number of likely N-dealkylation sites (N-methyl/N-ethyl adjacent to an activating group) is 1. The molecule has 1 aromatic rings. The third kappa shape index (κ3) is 2.84. The molecule has 108 valence electrons. The van der Waals surface area contributed by atoms with Crippen molar-refractivity contribution in [2.24, 2.45) is 0 Å². The Labute approximate surface area is 116 Å². The van der Waals surface area contributed by atoms with Gasteiger partial charge in [-0.05, 0) is 32.4 Å². The minimum Gasteiger partial charge on any atom is -0.376 e. The van der Waals surface area contributed by atoms with Crippen LogP contribution in [-0.4, -0.2) is 29.0 Å². The molecule has 1 fully saturated rings. The second-order valence-electron chi connectivity index (χ2n) is 5.39. The van der Waals surface area contributed by atoms with Crippen molar-refractivity contribution in [3.05, 3.63) is 18.0 Å². The molecule has 1 aliphatic carbocycles. The Morgan fingerprint density at radius 3 is 2.68 bits per heavy atom. The molecule has 4 nitrogen and oxygen atoms in total. The molecule has 1 unspecified atom stereocenters. The molecule has 0 bridgehead atoms. The van der Waals surface area contributed by atoms with Crippen molar-refractivity contribution in [3.8, 4) is 0 Å². The Kier molecular flexibility index (Phi) is 4.99. The van der Waals surface area contributed by atoms with Gasteiger partial charge in [0.25, 0.3) is 0 Å². The number of ether oxygens (including phenoxy) is 1. The second kappa shape index (κ2) is 6.53. The average molecular weight is 265 g/mol. The van der Waals surface area contributed by atoms with Gasteiger partial charge >= 0.3 is 0 Å². The van der Waals surface area contributed by atoms with Gasteiger partial charge < -0.3 is 10.1 Å². The van der Waals surface area contributed by atoms with E-state index in [1.165, 1.54) is 25.0 Å². The predicted octanol–water partition coefficient (Wildman–Crippen LogP) is 2.90. The maximum absolute atomic E-state index is 6.01. The molecular formula is C15H27N3O. The first-order valence-corrected chi connectivity index (χ1v) is 7.57. The number of aromatic nitrogens is 2. The lowest BCUT2D eigenvalue weighted by molar-refractivity contribution is -0.0703. The minimum atomic E-state index is -0.0682. The Balaban J connectivity index is 2.32. The zero-order chi connectivity index (χ0) is 13.7. The average Bonchev–Trinajstić information content (AvgIpc) is 2.93. The highest BCUT2D eigenvalue weighted by atomic mass is 16.5. The second-order valence-corrected chi connectivity index (χ2v) is 5.39. The quantitative estimate of drug-likeness (QED) is 0.859. The monoisotopic (exact) mass is 265 g/mol. The van der Waals surface area contributed by atoms with Crippen LogP contribution in [0.15, 0.2) is 12.3 Å². The molecule has 1 saturated carbocycles. The summed E-state index contributed by atoms with van der Waals surface area (Å²) >= 11 is 0. The maximum Gasteiger partial charge on any atom is 0.0887 e. The fourth-order valence-electron chi connectivity index (χ4n) is 3.38. The van der Waals surface area contributed by atoms with Gasteiger partial charge in [-0.25, -0.2) is 0 Å². The SMILES string of the molecule is CCNC(c1ccnn1CC)C1(OC)CCCCC1. The van der Waals surface area contributed by atoms with Crippen molar-refractivity contribution >= 4 is 0 Å². The largest absolute Gasteiger partial charge is 0.376 e. The van der Waals surface area contributed by atoms with Gasteiger partial charge in [0, 0.05) is 19.9 Å². The van der Waals surface area contributed by atoms with Crippen LogP contribution in [0, 0.1) is 0 Å². The van der Waals surface area contributed by atoms with Gasteiger partial charge in [0.1, 0.15) is 0 Å². The zero-order valence-corrected chi connectivity index (χ0v) is 12.5. The van der Waals surface area contributed by atoms with Crippen molar-refractivity contribution < 1.29 is 4.74 Å². The molecule has 0 spiro atoms. The molecule has 2 rings (SSSR count). The maximum atomic E-state index is 6.01. The van der Waals surface area contributed by atoms with Crippen LogP contribution >= 0.6 is 0 Å². The lowest BCUT2D eigenvalue weighted by Crippen LogP contribution is -2.47. The number of rotatable bonds is 6. The van der Waals surface area contributed by atoms with E-state index in [0.717, 1.165) is 25.9 Å². The molecule has 0 aromatic carbocycles. The standard InChI is InChI=1S/C15H27N3O/c1-4-16-14(13-9-12-17-18(13)5-2)15(19-3)10-7-6-8-11-15/h9,12,14,16H,4-8,10-11H2,1-3H3. The van der Waals surface area contributed by atoms with Gasteiger partial charge in [-0.1, -0.05) is 26.2 Å². The molecule has 1 heterocycles. The zero-order valence-electron chi connectivity index (χ0n) is 12.5. The molecule has 19 heavy (non-hydrogen) atoms. The van der Waals surface area contributed by atoms with Crippen molar-refractivity contribution in [3.63, 3.8) is 0 Å². The van der Waals surface area contributed by atoms with Gasteiger partial charge in [0.15, 0.2) is 0 Å². The molecular weight excluding hydrogens is 238 g/mol. The van der Waals surface area contributed by atoms with E-state index in [1.54, 1.807) is 0 Å². The molecule has 4 heteroatoms. The summed E-state index contributed by atoms with van der Waals surface area (Å²) in [5.41, 5.74) is 1.19. The summed E-state index contributed by atoms with van der Waals surface area (Å²) in [6, 6.07) is 2.37. The lowest BCUT2D eigenvalue weighted by Gasteiger charge is -2.43. The third-order valence-electron chi connectivity index (χ3n) is 4.39. The number of nitrogens with zero attached hydrogens (tertiary/aromatic N) is 2. The van der Waals surface area contributed by atoms with Crippen LogP contribution < -0.4 is 5.32 Å². The van der Waals surface area contributed by atoms with Crippen LogP contribution in [-0.2, 0) is 11.3 Å². The highest BCUT2D eigenvalue weighted by molar-refractivity contribution is 5.14. The summed E-state index contributed by atoms with van der Waals surface area (Å²) in [5, 5.41) is 8.05. The lowest BCUT2D eigenvalue weighted by atomic mass is 9.78. The summed E-state index contributed by atoms with van der Waals surface area (Å²) in [5.74, 6) is 0. The van der Waals surface area contributed by atoms with Crippen LogP contribution in [0.4, 0.5) is 0 Å². The summed E-state index contributed by atoms with van der Waals surface area (Å²) in [4.78, 5) is 0. The van der Waals surface area contributed by atoms with Gasteiger partial charge in [-0.3, -0.25) is 4.68 Å². The molecule has 0 amide bonds. The van der Waals surface area contributed by atoms with Gasteiger partial charge in [0.05, 0.1) is 17.3 Å². The molecule has 1 N–H and O–H groups in total. The molecule has 1 aliphatic rings. The normalized spacial score (nSPS) is 20.4. The molecule has 0 saturated heterocycles. The smallest absolute Gasteiger partial charge is 0.0887 e. The summed E-state index contributed by atoms with van der Waals surface area (Å²) < 4.78 is 8.10. The first-order chi connectivity index (χ1) is 9.27. The van der Waals surface area contributed by atoms with Crippen molar-refractivity contribution in [2.75, 3.05) is 13.7 Å². The minimum absolute atomic E-state index is 0.0682. The van der Waals surface area contributed by atoms with Crippen LogP contribution in [0.1, 0.15) is 57.7 Å². The first kappa shape index (κ1) is 14.5. The Morgan fingerprint density at radius 1 is 1.37 bits per heavy atom. The number of nitrogens with one attached hydrogen (secondary N) is 1. The van der Waals surface area contributed by atoms with E-state index in [9.17, 15) is 0 Å². The highest BCUT2D eigenvalue weighted by Crippen LogP contribution is 2.41. The van der Waals surface area contributed by atoms with Crippen LogP contribution in [0.25, 0.3) is 0 Å². The van der Waals surface area contributed by atoms with Crippen LogP contribution in [0.5, 0.6) is 0 Å². The molecule has 1 aromatic heterocycles. The van der Waals surface area contributed by atoms with Crippen LogP contribution in [0.2, 0.25) is 0 Å². The highest BCUT2D eigenvalue weighted by Gasteiger charge is 2.41. The number of hydrogen-bond acceptors (Lipinski definition) is 3. The fourth-order valence-corrected chi connectivity index (χ4v) is 3.38. The number of hydrogen-bond donors (Lipinski definition) is 1. The van der Waals surface area contributed by atoms with Crippen molar-refractivity contribution in [1.82, 2.24) is 15.1 Å². The van der Waals surface area contributed by atoms with Crippen LogP contribution in [0.3, 0.4) is 0 Å². The topological polar surface area (TPSA) is 39.1 Å². The Hall–Kier alpha value is -0.870. The Bertz CT molecular complexity index is 382. The van der Waals surface area contributed by atoms with E-state index in [0.29, 0.717) is 0 Å². The number of aryl methyl sites for hydroxylation is 1. The summed E-state index contributed by atoms with van der Waals surface area (Å²) in [7, 11) is 1.86. The van der Waals surface area contributed by atoms with E-state index >= 15 is 0 Å². The molecule has 0 radical (unpaired) electrons. The van der Waals surface area contributed by atoms with Gasteiger partial charge in [-0.2, -0.15) is 5.10 Å². The number of methoxy groups -OCH3 is 1. The van der Waals surface area contributed by atoms with Gasteiger partial charge in [0.2, 0.25) is 0 Å². The van der Waals surface area contributed by atoms with E-state index in [2.05, 4.69) is 35.0 Å². The van der Waals surface area contributed by atoms with Crippen molar-refractivity contribution in [2.45, 2.75) is 64.1 Å². The van der Waals surface area contributed by atoms with Gasteiger partial charge in [-0.15, -0.1) is 0 Å². The van der Waals surface area contributed by atoms with E-state index < -0.39 is 0 Å². The fraction of sp³-hybridized carbons (Fsp3) is 0.800. The van der Waals surface area contributed by atoms with E-state index in [-0.39, 0.29) is 11.6 Å². The first-order valence-electron chi connectivity index (χ1n) is 7.57. The summed E-state index contributed by atoms with van der Waals surface area (Å²) in [6.07, 6.45) is 8.02. The predicted molar refractivity (Wildman–Crippen MR) is 77.1 cm³/mol. The van der Waals surface area contributed by atoms with E-state index in [4.69, 9.17) is 4.74 Å². The summed E-state index contributed by atoms with van der Waals surface area (Å²) in [6.45, 7) is 6.15. The van der Waals surface area contributed by atoms with Crippen molar-refractivity contribution in [1.29, 1.82) is 0 Å².